The fourth-order valence-corrected chi connectivity index (χ4v) is 4.71. The molecule has 0 aliphatic heterocycles. The van der Waals surface area contributed by atoms with Crippen molar-refractivity contribution in [2.45, 2.75) is 38.9 Å². The van der Waals surface area contributed by atoms with Crippen LogP contribution in [0.1, 0.15) is 47.2 Å². The van der Waals surface area contributed by atoms with E-state index in [1.165, 1.54) is 36.0 Å². The third-order valence-corrected chi connectivity index (χ3v) is 7.29. The lowest BCUT2D eigenvalue weighted by molar-refractivity contribution is -0.384. The molecule has 1 heterocycles. The number of halogens is 1. The zero-order valence-corrected chi connectivity index (χ0v) is 22.9. The van der Waals surface area contributed by atoms with Crippen LogP contribution in [0, 0.1) is 29.9 Å². The first-order chi connectivity index (χ1) is 17.0. The van der Waals surface area contributed by atoms with Crippen LogP contribution in [0.15, 0.2) is 46.0 Å². The summed E-state index contributed by atoms with van der Waals surface area (Å²) in [4.78, 5) is 35.9. The normalized spacial score (nSPS) is 11.9. The van der Waals surface area contributed by atoms with Gasteiger partial charge in [-0.2, -0.15) is 0 Å². The number of nitro benzene ring substituents is 1. The Labute approximate surface area is 221 Å². The summed E-state index contributed by atoms with van der Waals surface area (Å²) in [7, 11) is 1.77. The van der Waals surface area contributed by atoms with Gasteiger partial charge in [0, 0.05) is 29.2 Å². The average Bonchev–Trinajstić information content (AvgIpc) is 3.19. The summed E-state index contributed by atoms with van der Waals surface area (Å²) in [6.07, 6.45) is 0. The number of non-ortho nitro benzene ring substituents is 1. The topological polar surface area (TPSA) is 132 Å². The van der Waals surface area contributed by atoms with E-state index >= 15 is 0 Å². The molecule has 190 valence electrons. The fraction of sp³-hybridized carbons (Fsp3) is 0.333. The van der Waals surface area contributed by atoms with E-state index in [0.29, 0.717) is 16.7 Å². The molecule has 3 rings (SSSR count). The maximum atomic E-state index is 12.8. The Morgan fingerprint density at radius 3 is 2.53 bits per heavy atom. The quantitative estimate of drug-likeness (QED) is 0.209. The van der Waals surface area contributed by atoms with Gasteiger partial charge in [0.2, 0.25) is 5.91 Å². The predicted molar refractivity (Wildman–Crippen MR) is 142 cm³/mol. The summed E-state index contributed by atoms with van der Waals surface area (Å²) in [5.41, 5.74) is 2.92. The van der Waals surface area contributed by atoms with Crippen molar-refractivity contribution in [3.8, 4) is 0 Å². The molecular weight excluding hydrogens is 548 g/mol. The van der Waals surface area contributed by atoms with E-state index < -0.39 is 16.9 Å². The van der Waals surface area contributed by atoms with Gasteiger partial charge in [0.1, 0.15) is 0 Å². The molecule has 0 unspecified atom stereocenters. The number of rotatable bonds is 9. The number of carbonyl (C=O) groups excluding carboxylic acids is 2. The van der Waals surface area contributed by atoms with Gasteiger partial charge in [-0.1, -0.05) is 31.7 Å². The highest BCUT2D eigenvalue weighted by molar-refractivity contribution is 9.10. The number of hydrogen-bond donors (Lipinski definition) is 2. The Kier molecular flexibility index (Phi) is 8.85. The van der Waals surface area contributed by atoms with Crippen molar-refractivity contribution in [2.75, 3.05) is 11.1 Å². The number of aromatic nitrogens is 3. The molecule has 36 heavy (non-hydrogen) atoms. The summed E-state index contributed by atoms with van der Waals surface area (Å²) >= 11 is 4.71. The zero-order chi connectivity index (χ0) is 26.6. The number of nitro groups is 1. The minimum atomic E-state index is -0.544. The minimum Gasteiger partial charge on any atom is -0.342 e. The fourth-order valence-electron chi connectivity index (χ4n) is 3.43. The van der Waals surface area contributed by atoms with Gasteiger partial charge in [0.15, 0.2) is 11.0 Å². The summed E-state index contributed by atoms with van der Waals surface area (Å²) < 4.78 is 2.55. The molecule has 0 saturated heterocycles. The molecule has 1 aromatic heterocycles. The van der Waals surface area contributed by atoms with Gasteiger partial charge in [0.05, 0.1) is 22.4 Å². The maximum absolute atomic E-state index is 12.8. The van der Waals surface area contributed by atoms with E-state index in [1.54, 1.807) is 11.6 Å². The summed E-state index contributed by atoms with van der Waals surface area (Å²) in [6.45, 7) is 7.84. The lowest BCUT2D eigenvalue weighted by Gasteiger charge is -2.21. The Balaban J connectivity index is 1.69. The molecule has 0 bridgehead atoms. The summed E-state index contributed by atoms with van der Waals surface area (Å²) in [6, 6.07) is 8.93. The number of thioether (sulfide) groups is 1. The second-order valence-electron chi connectivity index (χ2n) is 8.66. The molecule has 1 atom stereocenters. The number of aryl methyl sites for hydroxylation is 2. The maximum Gasteiger partial charge on any atom is 0.270 e. The van der Waals surface area contributed by atoms with Crippen LogP contribution in [0.4, 0.5) is 11.4 Å². The summed E-state index contributed by atoms with van der Waals surface area (Å²) in [5.74, 6) is -0.0409. The highest BCUT2D eigenvalue weighted by Gasteiger charge is 2.26. The highest BCUT2D eigenvalue weighted by Crippen LogP contribution is 2.28. The minimum absolute atomic E-state index is 0.0428. The van der Waals surface area contributed by atoms with Crippen LogP contribution in [0.3, 0.4) is 0 Å². The Morgan fingerprint density at radius 1 is 1.17 bits per heavy atom. The van der Waals surface area contributed by atoms with E-state index in [0.717, 1.165) is 15.6 Å². The van der Waals surface area contributed by atoms with Gasteiger partial charge in [0.25, 0.3) is 11.6 Å². The standard InChI is InChI=1S/C24H27BrN6O4S/c1-13(2)21(27-23(33)16-7-6-8-17(11-16)31(34)35)22-28-29-24(30(22)5)36-12-20(32)26-19-10-15(4)14(3)9-18(19)25/h6-11,13,21H,12H2,1-5H3,(H,26,32)(H,27,33)/t21-/m1/s1. The Morgan fingerprint density at radius 2 is 1.86 bits per heavy atom. The molecule has 0 aliphatic carbocycles. The molecule has 0 fully saturated rings. The van der Waals surface area contributed by atoms with E-state index in [1.807, 2.05) is 39.8 Å². The van der Waals surface area contributed by atoms with Gasteiger partial charge in [-0.15, -0.1) is 10.2 Å². The van der Waals surface area contributed by atoms with Crippen molar-refractivity contribution in [1.82, 2.24) is 20.1 Å². The van der Waals surface area contributed by atoms with Crippen LogP contribution in [0.2, 0.25) is 0 Å². The lowest BCUT2D eigenvalue weighted by Crippen LogP contribution is -2.33. The van der Waals surface area contributed by atoms with Crippen LogP contribution >= 0.6 is 27.7 Å². The predicted octanol–water partition coefficient (Wildman–Crippen LogP) is 4.96. The number of hydrogen-bond acceptors (Lipinski definition) is 7. The first-order valence-electron chi connectivity index (χ1n) is 11.1. The number of benzene rings is 2. The molecule has 0 aliphatic rings. The summed E-state index contributed by atoms with van der Waals surface area (Å²) in [5, 5.41) is 25.8. The van der Waals surface area contributed by atoms with Crippen LogP contribution in [0.5, 0.6) is 0 Å². The van der Waals surface area contributed by atoms with Crippen molar-refractivity contribution in [1.29, 1.82) is 0 Å². The molecule has 10 nitrogen and oxygen atoms in total. The molecule has 2 N–H and O–H groups in total. The van der Waals surface area contributed by atoms with Crippen LogP contribution in [-0.4, -0.2) is 37.3 Å². The largest absolute Gasteiger partial charge is 0.342 e. The molecule has 0 saturated carbocycles. The third-order valence-electron chi connectivity index (χ3n) is 5.61. The molecule has 0 spiro atoms. The van der Waals surface area contributed by atoms with Gasteiger partial charge >= 0.3 is 0 Å². The smallest absolute Gasteiger partial charge is 0.270 e. The first-order valence-corrected chi connectivity index (χ1v) is 12.9. The van der Waals surface area contributed by atoms with E-state index in [2.05, 4.69) is 36.8 Å². The Hall–Kier alpha value is -3.25. The number of nitrogens with one attached hydrogen (secondary N) is 2. The van der Waals surface area contributed by atoms with Gasteiger partial charge < -0.3 is 15.2 Å². The van der Waals surface area contributed by atoms with Crippen molar-refractivity contribution in [3.05, 3.63) is 73.5 Å². The van der Waals surface area contributed by atoms with Crippen LogP contribution in [0.25, 0.3) is 0 Å². The second kappa shape index (κ2) is 11.7. The van der Waals surface area contributed by atoms with Crippen molar-refractivity contribution in [3.63, 3.8) is 0 Å². The molecule has 0 radical (unpaired) electrons. The van der Waals surface area contributed by atoms with Crippen molar-refractivity contribution >= 4 is 50.9 Å². The van der Waals surface area contributed by atoms with Gasteiger partial charge in [-0.25, -0.2) is 0 Å². The monoisotopic (exact) mass is 574 g/mol. The number of nitrogens with zero attached hydrogens (tertiary/aromatic N) is 4. The second-order valence-corrected chi connectivity index (χ2v) is 10.5. The van der Waals surface area contributed by atoms with Crippen molar-refractivity contribution < 1.29 is 14.5 Å². The number of amides is 2. The van der Waals surface area contributed by atoms with E-state index in [4.69, 9.17) is 0 Å². The Bertz CT molecular complexity index is 1310. The SMILES string of the molecule is Cc1cc(Br)c(NC(=O)CSc2nnc([C@H](NC(=O)c3cccc([N+](=O)[O-])c3)C(C)C)n2C)cc1C. The van der Waals surface area contributed by atoms with Crippen LogP contribution in [-0.2, 0) is 11.8 Å². The highest BCUT2D eigenvalue weighted by atomic mass is 79.9. The van der Waals surface area contributed by atoms with Crippen molar-refractivity contribution in [2.24, 2.45) is 13.0 Å². The third kappa shape index (κ3) is 6.49. The van der Waals surface area contributed by atoms with E-state index in [-0.39, 0.29) is 28.8 Å². The first kappa shape index (κ1) is 27.3. The number of anilines is 1. The molecule has 3 aromatic rings. The number of carbonyl (C=O) groups is 2. The lowest BCUT2D eigenvalue weighted by atomic mass is 10.0. The molecular formula is C24H27BrN6O4S. The molecule has 2 amide bonds. The zero-order valence-electron chi connectivity index (χ0n) is 20.5. The van der Waals surface area contributed by atoms with E-state index in [9.17, 15) is 19.7 Å². The van der Waals surface area contributed by atoms with Crippen LogP contribution < -0.4 is 10.6 Å². The van der Waals surface area contributed by atoms with Gasteiger partial charge in [-0.3, -0.25) is 19.7 Å². The molecule has 2 aromatic carbocycles. The molecule has 12 heteroatoms. The average molecular weight is 575 g/mol. The van der Waals surface area contributed by atoms with Gasteiger partial charge in [-0.05, 0) is 65.0 Å².